The lowest BCUT2D eigenvalue weighted by Gasteiger charge is -2.17. The van der Waals surface area contributed by atoms with Crippen molar-refractivity contribution in [2.45, 2.75) is 25.2 Å². The fourth-order valence-electron chi connectivity index (χ4n) is 2.12. The van der Waals surface area contributed by atoms with Crippen molar-refractivity contribution in [1.82, 2.24) is 5.32 Å². The van der Waals surface area contributed by atoms with E-state index in [1.54, 1.807) is 0 Å². The summed E-state index contributed by atoms with van der Waals surface area (Å²) in [5.41, 5.74) is 3.54. The number of carbonyl (C=O) groups excluding carboxylic acids is 1. The zero-order chi connectivity index (χ0) is 9.54. The maximum atomic E-state index is 11.5. The van der Waals surface area contributed by atoms with Crippen molar-refractivity contribution >= 4 is 5.91 Å². The normalized spacial score (nSPS) is 20.1. The molecule has 1 amide bonds. The van der Waals surface area contributed by atoms with E-state index in [1.807, 2.05) is 6.07 Å². The first kappa shape index (κ1) is 8.04. The van der Waals surface area contributed by atoms with E-state index >= 15 is 0 Å². The van der Waals surface area contributed by atoms with Crippen LogP contribution in [0.15, 0.2) is 18.2 Å². The quantitative estimate of drug-likeness (QED) is 0.714. The summed E-state index contributed by atoms with van der Waals surface area (Å²) in [5, 5.41) is 2.86. The largest absolute Gasteiger partial charge is 0.352 e. The second kappa shape index (κ2) is 2.84. The number of rotatable bonds is 1. The summed E-state index contributed by atoms with van der Waals surface area (Å²) in [6.07, 6.45) is 3.64. The van der Waals surface area contributed by atoms with Gasteiger partial charge in [-0.25, -0.2) is 0 Å². The standard InChI is InChI=1S/C12H13NO/c14-12-11-4-3-9(8-1-2-8)7-10(11)5-6-13-12/h3-4,7-8H,1-2,5-6H2,(H,13,14). The zero-order valence-corrected chi connectivity index (χ0v) is 8.05. The minimum Gasteiger partial charge on any atom is -0.352 e. The van der Waals surface area contributed by atoms with Crippen molar-refractivity contribution in [1.29, 1.82) is 0 Å². The lowest BCUT2D eigenvalue weighted by Crippen LogP contribution is -2.31. The van der Waals surface area contributed by atoms with Gasteiger partial charge < -0.3 is 5.32 Å². The maximum absolute atomic E-state index is 11.5. The summed E-state index contributed by atoms with van der Waals surface area (Å²) in [4.78, 5) is 11.5. The Kier molecular flexibility index (Phi) is 1.63. The topological polar surface area (TPSA) is 29.1 Å². The van der Waals surface area contributed by atoms with Crippen LogP contribution in [0.4, 0.5) is 0 Å². The molecule has 1 aliphatic heterocycles. The van der Waals surface area contributed by atoms with E-state index in [4.69, 9.17) is 0 Å². The van der Waals surface area contributed by atoms with Crippen LogP contribution in [-0.4, -0.2) is 12.5 Å². The lowest BCUT2D eigenvalue weighted by molar-refractivity contribution is 0.0946. The van der Waals surface area contributed by atoms with E-state index in [1.165, 1.54) is 24.0 Å². The molecule has 2 heteroatoms. The molecule has 0 bridgehead atoms. The Bertz CT molecular complexity index is 393. The lowest BCUT2D eigenvalue weighted by atomic mass is 9.96. The van der Waals surface area contributed by atoms with Gasteiger partial charge >= 0.3 is 0 Å². The van der Waals surface area contributed by atoms with Gasteiger partial charge in [0.05, 0.1) is 0 Å². The molecule has 1 aromatic carbocycles. The van der Waals surface area contributed by atoms with E-state index in [2.05, 4.69) is 17.4 Å². The van der Waals surface area contributed by atoms with E-state index < -0.39 is 0 Å². The van der Waals surface area contributed by atoms with Crippen LogP contribution in [0.25, 0.3) is 0 Å². The van der Waals surface area contributed by atoms with Crippen LogP contribution in [0.3, 0.4) is 0 Å². The van der Waals surface area contributed by atoms with Crippen LogP contribution >= 0.6 is 0 Å². The second-order valence-electron chi connectivity index (χ2n) is 4.20. The molecular weight excluding hydrogens is 174 g/mol. The number of hydrogen-bond donors (Lipinski definition) is 1. The van der Waals surface area contributed by atoms with Crippen molar-refractivity contribution < 1.29 is 4.79 Å². The van der Waals surface area contributed by atoms with Gasteiger partial charge in [0.2, 0.25) is 0 Å². The highest BCUT2D eigenvalue weighted by atomic mass is 16.1. The molecule has 1 heterocycles. The predicted molar refractivity (Wildman–Crippen MR) is 54.5 cm³/mol. The molecule has 0 radical (unpaired) electrons. The van der Waals surface area contributed by atoms with Gasteiger partial charge in [-0.2, -0.15) is 0 Å². The average Bonchev–Trinajstić information content (AvgIpc) is 3.01. The Morgan fingerprint density at radius 1 is 1.29 bits per heavy atom. The molecule has 14 heavy (non-hydrogen) atoms. The average molecular weight is 187 g/mol. The molecule has 1 aromatic rings. The van der Waals surface area contributed by atoms with Crippen molar-refractivity contribution in [2.75, 3.05) is 6.54 Å². The van der Waals surface area contributed by atoms with Crippen molar-refractivity contribution in [2.24, 2.45) is 0 Å². The van der Waals surface area contributed by atoms with E-state index in [9.17, 15) is 4.79 Å². The summed E-state index contributed by atoms with van der Waals surface area (Å²) < 4.78 is 0. The molecule has 1 fully saturated rings. The summed E-state index contributed by atoms with van der Waals surface area (Å²) >= 11 is 0. The Morgan fingerprint density at radius 2 is 2.14 bits per heavy atom. The Hall–Kier alpha value is -1.31. The van der Waals surface area contributed by atoms with Gasteiger partial charge in [0.15, 0.2) is 0 Å². The molecular formula is C12H13NO. The highest BCUT2D eigenvalue weighted by molar-refractivity contribution is 5.96. The van der Waals surface area contributed by atoms with E-state index in [-0.39, 0.29) is 5.91 Å². The number of benzene rings is 1. The fraction of sp³-hybridized carbons (Fsp3) is 0.417. The molecule has 0 spiro atoms. The number of amides is 1. The summed E-state index contributed by atoms with van der Waals surface area (Å²) in [6, 6.07) is 6.32. The third kappa shape index (κ3) is 1.22. The minimum atomic E-state index is 0.0913. The number of carbonyl (C=O) groups is 1. The van der Waals surface area contributed by atoms with E-state index in [0.29, 0.717) is 0 Å². The highest BCUT2D eigenvalue weighted by Gasteiger charge is 2.25. The van der Waals surface area contributed by atoms with Crippen LogP contribution < -0.4 is 5.32 Å². The van der Waals surface area contributed by atoms with Gasteiger partial charge in [-0.1, -0.05) is 12.1 Å². The van der Waals surface area contributed by atoms with Gasteiger partial charge in [0.25, 0.3) is 5.91 Å². The zero-order valence-electron chi connectivity index (χ0n) is 8.05. The molecule has 1 N–H and O–H groups in total. The monoisotopic (exact) mass is 187 g/mol. The van der Waals surface area contributed by atoms with Crippen molar-refractivity contribution in [3.05, 3.63) is 34.9 Å². The highest BCUT2D eigenvalue weighted by Crippen LogP contribution is 2.40. The first-order valence-corrected chi connectivity index (χ1v) is 5.25. The third-order valence-corrected chi connectivity index (χ3v) is 3.10. The van der Waals surface area contributed by atoms with Crippen molar-refractivity contribution in [3.63, 3.8) is 0 Å². The van der Waals surface area contributed by atoms with Gasteiger partial charge in [-0.15, -0.1) is 0 Å². The first-order valence-electron chi connectivity index (χ1n) is 5.25. The maximum Gasteiger partial charge on any atom is 0.251 e. The number of hydrogen-bond acceptors (Lipinski definition) is 1. The summed E-state index contributed by atoms with van der Waals surface area (Å²) in [6.45, 7) is 0.792. The molecule has 0 saturated heterocycles. The van der Waals surface area contributed by atoms with Gasteiger partial charge in [0.1, 0.15) is 0 Å². The Balaban J connectivity index is 2.04. The molecule has 1 aliphatic carbocycles. The molecule has 0 unspecified atom stereocenters. The first-order chi connectivity index (χ1) is 6.84. The van der Waals surface area contributed by atoms with Crippen LogP contribution in [0.2, 0.25) is 0 Å². The fourth-order valence-corrected chi connectivity index (χ4v) is 2.12. The second-order valence-corrected chi connectivity index (χ2v) is 4.20. The third-order valence-electron chi connectivity index (χ3n) is 3.10. The molecule has 72 valence electrons. The molecule has 2 nitrogen and oxygen atoms in total. The minimum absolute atomic E-state index is 0.0913. The smallest absolute Gasteiger partial charge is 0.251 e. The number of fused-ring (bicyclic) bond motifs is 1. The predicted octanol–water partition coefficient (Wildman–Crippen LogP) is 1.85. The van der Waals surface area contributed by atoms with Gasteiger partial charge in [-0.3, -0.25) is 4.79 Å². The van der Waals surface area contributed by atoms with Crippen LogP contribution in [0, 0.1) is 0 Å². The molecule has 2 aliphatic rings. The number of nitrogens with one attached hydrogen (secondary N) is 1. The van der Waals surface area contributed by atoms with Crippen LogP contribution in [0.1, 0.15) is 40.2 Å². The summed E-state index contributed by atoms with van der Waals surface area (Å²) in [5.74, 6) is 0.874. The Morgan fingerprint density at radius 3 is 2.93 bits per heavy atom. The van der Waals surface area contributed by atoms with Gasteiger partial charge in [0, 0.05) is 12.1 Å². The van der Waals surface area contributed by atoms with Crippen molar-refractivity contribution in [3.8, 4) is 0 Å². The molecule has 3 rings (SSSR count). The Labute approximate surface area is 83.3 Å². The molecule has 1 saturated carbocycles. The molecule has 0 aromatic heterocycles. The van der Waals surface area contributed by atoms with Crippen LogP contribution in [-0.2, 0) is 6.42 Å². The van der Waals surface area contributed by atoms with E-state index in [0.717, 1.165) is 24.4 Å². The SMILES string of the molecule is O=C1NCCc2cc(C3CC3)ccc21. The summed E-state index contributed by atoms with van der Waals surface area (Å²) in [7, 11) is 0. The van der Waals surface area contributed by atoms with Gasteiger partial charge in [-0.05, 0) is 42.4 Å². The van der Waals surface area contributed by atoms with Crippen LogP contribution in [0.5, 0.6) is 0 Å². The molecule has 0 atom stereocenters.